The molecule has 6 nitrogen and oxygen atoms in total. The zero-order chi connectivity index (χ0) is 15.9. The molecular weight excluding hydrogens is 284 g/mol. The van der Waals surface area contributed by atoms with Crippen molar-refractivity contribution in [2.45, 2.75) is 6.42 Å². The molecule has 1 aliphatic carbocycles. The highest BCUT2D eigenvalue weighted by Gasteiger charge is 2.16. The second-order valence-electron chi connectivity index (χ2n) is 5.11. The van der Waals surface area contributed by atoms with Crippen molar-refractivity contribution < 1.29 is 19.8 Å². The molecule has 1 heterocycles. The van der Waals surface area contributed by atoms with Gasteiger partial charge in [0.1, 0.15) is 0 Å². The van der Waals surface area contributed by atoms with E-state index in [0.717, 1.165) is 5.56 Å². The van der Waals surface area contributed by atoms with Gasteiger partial charge in [0, 0.05) is 22.6 Å². The molecule has 0 radical (unpaired) electrons. The molecule has 0 unspecified atom stereocenters. The third-order valence-corrected chi connectivity index (χ3v) is 3.59. The maximum Gasteiger partial charge on any atom is 0.227 e. The molecule has 0 saturated heterocycles. The molecule has 3 rings (SSSR count). The Kier molecular flexibility index (Phi) is 3.30. The van der Waals surface area contributed by atoms with Crippen molar-refractivity contribution >= 4 is 23.7 Å². The maximum absolute atomic E-state index is 11.4. The molecule has 0 atom stereocenters. The van der Waals surface area contributed by atoms with Gasteiger partial charge < -0.3 is 20.9 Å². The zero-order valence-electron chi connectivity index (χ0n) is 11.6. The molecule has 1 aromatic carbocycles. The Morgan fingerprint density at radius 2 is 1.68 bits per heavy atom. The lowest BCUT2D eigenvalue weighted by atomic mass is 10.0. The lowest BCUT2D eigenvalue weighted by Crippen LogP contribution is -2.31. The number of aromatic nitrogens is 1. The summed E-state index contributed by atoms with van der Waals surface area (Å²) in [5.41, 5.74) is 7.63. The van der Waals surface area contributed by atoms with Crippen molar-refractivity contribution in [2.75, 3.05) is 6.54 Å². The van der Waals surface area contributed by atoms with Gasteiger partial charge >= 0.3 is 0 Å². The number of carbonyl (C=O) groups excluding carboxylic acids is 2. The van der Waals surface area contributed by atoms with Crippen molar-refractivity contribution in [1.82, 2.24) is 4.98 Å². The molecule has 112 valence electrons. The Balaban J connectivity index is 2.22. The maximum atomic E-state index is 11.4. The Labute approximate surface area is 125 Å². The Hall–Kier alpha value is -2.86. The summed E-state index contributed by atoms with van der Waals surface area (Å²) in [5, 5.41) is 20.5. The molecule has 22 heavy (non-hydrogen) atoms. The summed E-state index contributed by atoms with van der Waals surface area (Å²) in [6, 6.07) is 4.62. The molecule has 0 fully saturated rings. The highest BCUT2D eigenvalue weighted by molar-refractivity contribution is 6.57. The third kappa shape index (κ3) is 2.29. The number of aromatic hydroxyl groups is 2. The fraction of sp³-hybridized carbons (Fsp3) is 0.125. The van der Waals surface area contributed by atoms with Crippen LogP contribution in [0.4, 0.5) is 0 Å². The fourth-order valence-corrected chi connectivity index (χ4v) is 2.52. The number of nitrogens with one attached hydrogen (secondary N) is 1. The van der Waals surface area contributed by atoms with Gasteiger partial charge in [0.15, 0.2) is 11.5 Å². The van der Waals surface area contributed by atoms with Crippen LogP contribution in [0, 0.1) is 0 Å². The second kappa shape index (κ2) is 5.16. The average Bonchev–Trinajstić information content (AvgIpc) is 2.86. The highest BCUT2D eigenvalue weighted by Crippen LogP contribution is 2.33. The molecule has 0 spiro atoms. The number of aromatic amines is 1. The average molecular weight is 298 g/mol. The van der Waals surface area contributed by atoms with Crippen LogP contribution >= 0.6 is 0 Å². The van der Waals surface area contributed by atoms with Crippen molar-refractivity contribution in [3.63, 3.8) is 0 Å². The van der Waals surface area contributed by atoms with Crippen LogP contribution in [0.15, 0.2) is 18.2 Å². The molecule has 6 heteroatoms. The van der Waals surface area contributed by atoms with Crippen molar-refractivity contribution in [3.05, 3.63) is 34.3 Å². The van der Waals surface area contributed by atoms with E-state index in [-0.39, 0.29) is 11.5 Å². The predicted molar refractivity (Wildman–Crippen MR) is 80.5 cm³/mol. The first-order chi connectivity index (χ1) is 10.5. The van der Waals surface area contributed by atoms with Crippen LogP contribution in [0.25, 0.3) is 23.4 Å². The van der Waals surface area contributed by atoms with Crippen LogP contribution in [0.1, 0.15) is 5.56 Å². The number of benzene rings is 1. The van der Waals surface area contributed by atoms with E-state index in [4.69, 9.17) is 5.73 Å². The first kappa shape index (κ1) is 14.1. The van der Waals surface area contributed by atoms with E-state index in [0.29, 0.717) is 34.8 Å². The zero-order valence-corrected chi connectivity index (χ0v) is 11.6. The number of phenolic OH excluding ortho intramolecular Hbond substituents is 2. The number of rotatable bonds is 3. The summed E-state index contributed by atoms with van der Waals surface area (Å²) < 4.78 is 0. The van der Waals surface area contributed by atoms with Gasteiger partial charge in [0.2, 0.25) is 11.6 Å². The van der Waals surface area contributed by atoms with Crippen molar-refractivity contribution in [2.24, 2.45) is 5.73 Å². The standard InChI is InChI=1S/C16H14N2O4/c17-2-1-8-4-13(19)15(21)6-10(8)12-3-9-5-14(20)16(22)7-11(9)18-12/h3-7,18-19,21H,1-2,17H2. The second-order valence-corrected chi connectivity index (χ2v) is 5.11. The van der Waals surface area contributed by atoms with E-state index in [2.05, 4.69) is 4.98 Å². The van der Waals surface area contributed by atoms with Crippen molar-refractivity contribution in [1.29, 1.82) is 0 Å². The van der Waals surface area contributed by atoms with E-state index < -0.39 is 11.6 Å². The van der Waals surface area contributed by atoms with Gasteiger partial charge in [-0.2, -0.15) is 0 Å². The van der Waals surface area contributed by atoms with Crippen LogP contribution in [0.2, 0.25) is 0 Å². The van der Waals surface area contributed by atoms with E-state index in [1.807, 2.05) is 0 Å². The quantitative estimate of drug-likeness (QED) is 0.442. The Morgan fingerprint density at radius 3 is 2.41 bits per heavy atom. The molecule has 0 saturated carbocycles. The molecule has 2 aromatic rings. The van der Waals surface area contributed by atoms with E-state index in [9.17, 15) is 19.8 Å². The summed E-state index contributed by atoms with van der Waals surface area (Å²) in [4.78, 5) is 25.9. The minimum atomic E-state index is -0.573. The summed E-state index contributed by atoms with van der Waals surface area (Å²) in [7, 11) is 0. The number of carbonyl (C=O) groups is 2. The molecular formula is C16H14N2O4. The van der Waals surface area contributed by atoms with Gasteiger partial charge in [-0.3, -0.25) is 9.59 Å². The van der Waals surface area contributed by atoms with E-state index in [1.165, 1.54) is 24.3 Å². The van der Waals surface area contributed by atoms with Gasteiger partial charge in [0.05, 0.1) is 5.35 Å². The molecule has 0 bridgehead atoms. The van der Waals surface area contributed by atoms with Gasteiger partial charge in [-0.15, -0.1) is 0 Å². The monoisotopic (exact) mass is 298 g/mol. The number of ketones is 2. The van der Waals surface area contributed by atoms with Crippen LogP contribution in [-0.2, 0) is 16.0 Å². The largest absolute Gasteiger partial charge is 0.504 e. The van der Waals surface area contributed by atoms with E-state index >= 15 is 0 Å². The normalized spacial score (nSPS) is 13.5. The van der Waals surface area contributed by atoms with Gasteiger partial charge in [-0.1, -0.05) is 0 Å². The fourth-order valence-electron chi connectivity index (χ4n) is 2.52. The number of hydrogen-bond donors (Lipinski definition) is 4. The van der Waals surface area contributed by atoms with Gasteiger partial charge in [-0.25, -0.2) is 0 Å². The third-order valence-electron chi connectivity index (χ3n) is 3.59. The summed E-state index contributed by atoms with van der Waals surface area (Å²) in [5.74, 6) is -1.60. The van der Waals surface area contributed by atoms with Crippen LogP contribution in [0.5, 0.6) is 11.5 Å². The van der Waals surface area contributed by atoms with Gasteiger partial charge in [0.25, 0.3) is 0 Å². The number of fused-ring (bicyclic) bond motifs is 1. The van der Waals surface area contributed by atoms with Crippen LogP contribution in [-0.4, -0.2) is 33.3 Å². The SMILES string of the molecule is NCCc1cc(O)c(O)cc1-c1cc2c([nH]1)=CC(=O)C(=O)C=2. The molecule has 0 amide bonds. The number of H-pyrrole nitrogens is 1. The van der Waals surface area contributed by atoms with E-state index in [1.54, 1.807) is 6.07 Å². The lowest BCUT2D eigenvalue weighted by molar-refractivity contribution is -0.129. The Bertz CT molecular complexity index is 865. The Morgan fingerprint density at radius 1 is 1.00 bits per heavy atom. The minimum absolute atomic E-state index is 0.216. The minimum Gasteiger partial charge on any atom is -0.504 e. The van der Waals surface area contributed by atoms with Crippen molar-refractivity contribution in [3.8, 4) is 22.8 Å². The molecule has 1 aliphatic rings. The topological polar surface area (TPSA) is 116 Å². The summed E-state index contributed by atoms with van der Waals surface area (Å²) >= 11 is 0. The smallest absolute Gasteiger partial charge is 0.227 e. The number of phenols is 2. The number of hydrogen-bond acceptors (Lipinski definition) is 5. The molecule has 1 aromatic heterocycles. The lowest BCUT2D eigenvalue weighted by Gasteiger charge is -2.09. The molecule has 5 N–H and O–H groups in total. The predicted octanol–water partition coefficient (Wildman–Crippen LogP) is -0.693. The summed E-state index contributed by atoms with van der Waals surface area (Å²) in [6.07, 6.45) is 3.04. The summed E-state index contributed by atoms with van der Waals surface area (Å²) in [6.45, 7) is 0.382. The number of Topliss-reactive ketones (excluding diaryl/α,β-unsaturated/α-hetero) is 2. The van der Waals surface area contributed by atoms with Crippen LogP contribution < -0.4 is 16.3 Å². The number of nitrogens with two attached hydrogens (primary N) is 1. The van der Waals surface area contributed by atoms with Gasteiger partial charge in [-0.05, 0) is 42.8 Å². The first-order valence-electron chi connectivity index (χ1n) is 6.75. The highest BCUT2D eigenvalue weighted by atomic mass is 16.3. The van der Waals surface area contributed by atoms with Crippen LogP contribution in [0.3, 0.4) is 0 Å². The first-order valence-corrected chi connectivity index (χ1v) is 6.75. The molecule has 0 aliphatic heterocycles.